The number of hydrogen-bond donors (Lipinski definition) is 1. The molecule has 4 heterocycles. The monoisotopic (exact) mass is 305 g/mol. The zero-order valence-electron chi connectivity index (χ0n) is 12.4. The summed E-state index contributed by atoms with van der Waals surface area (Å²) in [6.07, 6.45) is 7.10. The van der Waals surface area contributed by atoms with Gasteiger partial charge in [-0.2, -0.15) is 0 Å². The quantitative estimate of drug-likeness (QED) is 0.785. The standard InChI is InChI=1S/C17H15N5O/c23-17(15-6-5-13-11-18-9-7-14(13)20-15)21-22-10-2-4-12-3-1-8-19-16(12)22/h1,3,5-9,11H,2,4,10H2,(H,21,23). The highest BCUT2D eigenvalue weighted by Crippen LogP contribution is 2.22. The van der Waals surface area contributed by atoms with Crippen LogP contribution in [0, 0.1) is 0 Å². The minimum atomic E-state index is -0.234. The summed E-state index contributed by atoms with van der Waals surface area (Å²) in [5.41, 5.74) is 5.20. The number of fused-ring (bicyclic) bond motifs is 2. The van der Waals surface area contributed by atoms with E-state index in [1.807, 2.05) is 18.2 Å². The molecule has 1 amide bonds. The first-order chi connectivity index (χ1) is 11.3. The molecule has 6 heteroatoms. The fraction of sp³-hybridized carbons (Fsp3) is 0.176. The fourth-order valence-corrected chi connectivity index (χ4v) is 2.78. The lowest BCUT2D eigenvalue weighted by Gasteiger charge is -2.29. The first-order valence-corrected chi connectivity index (χ1v) is 7.54. The van der Waals surface area contributed by atoms with Crippen LogP contribution >= 0.6 is 0 Å². The first-order valence-electron chi connectivity index (χ1n) is 7.54. The molecule has 0 saturated carbocycles. The number of rotatable bonds is 2. The SMILES string of the molecule is O=C(NN1CCCc2cccnc21)c1ccc2cnccc2n1. The number of amides is 1. The summed E-state index contributed by atoms with van der Waals surface area (Å²) in [7, 11) is 0. The molecule has 114 valence electrons. The third-order valence-corrected chi connectivity index (χ3v) is 3.91. The topological polar surface area (TPSA) is 71.0 Å². The Balaban J connectivity index is 1.60. The Kier molecular flexibility index (Phi) is 3.34. The Labute approximate surface area is 133 Å². The van der Waals surface area contributed by atoms with Crippen LogP contribution in [0.3, 0.4) is 0 Å². The second kappa shape index (κ2) is 5.64. The average molecular weight is 305 g/mol. The van der Waals surface area contributed by atoms with Crippen molar-refractivity contribution < 1.29 is 4.79 Å². The van der Waals surface area contributed by atoms with E-state index in [1.54, 1.807) is 35.7 Å². The number of hydrogen-bond acceptors (Lipinski definition) is 5. The van der Waals surface area contributed by atoms with Crippen molar-refractivity contribution in [3.8, 4) is 0 Å². The second-order valence-electron chi connectivity index (χ2n) is 5.45. The molecule has 0 atom stereocenters. The molecule has 23 heavy (non-hydrogen) atoms. The third-order valence-electron chi connectivity index (χ3n) is 3.91. The number of carbonyl (C=O) groups is 1. The second-order valence-corrected chi connectivity index (χ2v) is 5.45. The minimum absolute atomic E-state index is 0.234. The predicted octanol–water partition coefficient (Wildman–Crippen LogP) is 2.12. The molecule has 6 nitrogen and oxygen atoms in total. The highest BCUT2D eigenvalue weighted by Gasteiger charge is 2.20. The van der Waals surface area contributed by atoms with Gasteiger partial charge in [0.05, 0.1) is 5.52 Å². The molecule has 1 N–H and O–H groups in total. The Morgan fingerprint density at radius 1 is 1.17 bits per heavy atom. The highest BCUT2D eigenvalue weighted by atomic mass is 16.2. The summed E-state index contributed by atoms with van der Waals surface area (Å²) in [4.78, 5) is 25.3. The van der Waals surface area contributed by atoms with Crippen molar-refractivity contribution in [3.63, 3.8) is 0 Å². The molecule has 3 aromatic rings. The van der Waals surface area contributed by atoms with Gasteiger partial charge in [-0.1, -0.05) is 6.07 Å². The first kappa shape index (κ1) is 13.6. The third kappa shape index (κ3) is 2.59. The molecule has 0 saturated heterocycles. The van der Waals surface area contributed by atoms with Crippen LogP contribution in [0.15, 0.2) is 48.9 Å². The van der Waals surface area contributed by atoms with Crippen LogP contribution in [0.4, 0.5) is 5.82 Å². The van der Waals surface area contributed by atoms with Crippen LogP contribution in [0.5, 0.6) is 0 Å². The summed E-state index contributed by atoms with van der Waals surface area (Å²) in [6, 6.07) is 9.32. The lowest BCUT2D eigenvalue weighted by Crippen LogP contribution is -2.45. The highest BCUT2D eigenvalue weighted by molar-refractivity contribution is 5.95. The maximum absolute atomic E-state index is 12.5. The molecule has 0 fully saturated rings. The van der Waals surface area contributed by atoms with Crippen molar-refractivity contribution in [1.29, 1.82) is 0 Å². The largest absolute Gasteiger partial charge is 0.288 e. The van der Waals surface area contributed by atoms with Crippen molar-refractivity contribution in [1.82, 2.24) is 20.4 Å². The van der Waals surface area contributed by atoms with E-state index in [2.05, 4.69) is 20.4 Å². The van der Waals surface area contributed by atoms with E-state index in [9.17, 15) is 4.79 Å². The van der Waals surface area contributed by atoms with Gasteiger partial charge < -0.3 is 0 Å². The molecule has 0 unspecified atom stereocenters. The van der Waals surface area contributed by atoms with Crippen molar-refractivity contribution in [3.05, 3.63) is 60.2 Å². The van der Waals surface area contributed by atoms with Gasteiger partial charge in [0, 0.05) is 30.5 Å². The van der Waals surface area contributed by atoms with E-state index < -0.39 is 0 Å². The molecule has 4 rings (SSSR count). The van der Waals surface area contributed by atoms with Crippen LogP contribution in [-0.4, -0.2) is 27.4 Å². The lowest BCUT2D eigenvalue weighted by molar-refractivity contribution is 0.0943. The van der Waals surface area contributed by atoms with Crippen LogP contribution in [0.25, 0.3) is 10.9 Å². The summed E-state index contributed by atoms with van der Waals surface area (Å²) in [6.45, 7) is 0.743. The maximum atomic E-state index is 12.5. The number of aromatic nitrogens is 3. The van der Waals surface area contributed by atoms with E-state index in [0.717, 1.165) is 41.7 Å². The number of nitrogens with one attached hydrogen (secondary N) is 1. The molecular weight excluding hydrogens is 290 g/mol. The summed E-state index contributed by atoms with van der Waals surface area (Å²) < 4.78 is 0. The number of nitrogens with zero attached hydrogens (tertiary/aromatic N) is 4. The van der Waals surface area contributed by atoms with Crippen molar-refractivity contribution in [2.45, 2.75) is 12.8 Å². The van der Waals surface area contributed by atoms with E-state index in [4.69, 9.17) is 0 Å². The predicted molar refractivity (Wildman–Crippen MR) is 86.9 cm³/mol. The molecular formula is C17H15N5O. The summed E-state index contributed by atoms with van der Waals surface area (Å²) >= 11 is 0. The van der Waals surface area contributed by atoms with Gasteiger partial charge in [0.15, 0.2) is 0 Å². The number of pyridine rings is 3. The van der Waals surface area contributed by atoms with Gasteiger partial charge in [0.2, 0.25) is 0 Å². The Morgan fingerprint density at radius 3 is 3.09 bits per heavy atom. The smallest absolute Gasteiger partial charge is 0.268 e. The van der Waals surface area contributed by atoms with E-state index >= 15 is 0 Å². The molecule has 0 aliphatic carbocycles. The van der Waals surface area contributed by atoms with E-state index in [1.165, 1.54) is 0 Å². The summed E-state index contributed by atoms with van der Waals surface area (Å²) in [5, 5.41) is 2.72. The van der Waals surface area contributed by atoms with Gasteiger partial charge in [-0.05, 0) is 42.7 Å². The zero-order valence-corrected chi connectivity index (χ0v) is 12.4. The molecule has 1 aliphatic heterocycles. The molecule has 0 radical (unpaired) electrons. The number of aryl methyl sites for hydroxylation is 1. The zero-order chi connectivity index (χ0) is 15.6. The molecule has 3 aromatic heterocycles. The van der Waals surface area contributed by atoms with Gasteiger partial charge >= 0.3 is 0 Å². The molecule has 0 spiro atoms. The Bertz CT molecular complexity index is 879. The molecule has 0 aromatic carbocycles. The van der Waals surface area contributed by atoms with Gasteiger partial charge in [-0.3, -0.25) is 20.2 Å². The van der Waals surface area contributed by atoms with Gasteiger partial charge in [-0.15, -0.1) is 0 Å². The Morgan fingerprint density at radius 2 is 2.13 bits per heavy atom. The van der Waals surface area contributed by atoms with Crippen LogP contribution < -0.4 is 10.4 Å². The molecule has 1 aliphatic rings. The van der Waals surface area contributed by atoms with Crippen LogP contribution in [-0.2, 0) is 6.42 Å². The normalized spacial score (nSPS) is 13.7. The number of anilines is 1. The van der Waals surface area contributed by atoms with Gasteiger partial charge in [-0.25, -0.2) is 9.97 Å². The fourth-order valence-electron chi connectivity index (χ4n) is 2.78. The average Bonchev–Trinajstić information content (AvgIpc) is 2.61. The van der Waals surface area contributed by atoms with Crippen LogP contribution in [0.2, 0.25) is 0 Å². The van der Waals surface area contributed by atoms with Crippen molar-refractivity contribution in [2.24, 2.45) is 0 Å². The number of hydrazine groups is 1. The number of carbonyl (C=O) groups excluding carboxylic acids is 1. The van der Waals surface area contributed by atoms with Gasteiger partial charge in [0.25, 0.3) is 5.91 Å². The van der Waals surface area contributed by atoms with Gasteiger partial charge in [0.1, 0.15) is 11.5 Å². The summed E-state index contributed by atoms with van der Waals surface area (Å²) in [5.74, 6) is 0.583. The van der Waals surface area contributed by atoms with Crippen molar-refractivity contribution in [2.75, 3.05) is 11.6 Å². The minimum Gasteiger partial charge on any atom is -0.268 e. The van der Waals surface area contributed by atoms with Crippen LogP contribution in [0.1, 0.15) is 22.5 Å². The lowest BCUT2D eigenvalue weighted by atomic mass is 10.1. The van der Waals surface area contributed by atoms with E-state index in [-0.39, 0.29) is 5.91 Å². The van der Waals surface area contributed by atoms with E-state index in [0.29, 0.717) is 5.69 Å². The van der Waals surface area contributed by atoms with Crippen molar-refractivity contribution >= 4 is 22.6 Å². The molecule has 0 bridgehead atoms. The maximum Gasteiger partial charge on any atom is 0.288 e. The Hall–Kier alpha value is -3.02.